The van der Waals surface area contributed by atoms with Crippen molar-refractivity contribution in [3.05, 3.63) is 18.0 Å². The predicted octanol–water partition coefficient (Wildman–Crippen LogP) is 2.71. The minimum atomic E-state index is 0.570. The first-order chi connectivity index (χ1) is 5.77. The summed E-state index contributed by atoms with van der Waals surface area (Å²) < 4.78 is 0. The van der Waals surface area contributed by atoms with Crippen LogP contribution in [0.3, 0.4) is 0 Å². The van der Waals surface area contributed by atoms with Crippen molar-refractivity contribution in [2.24, 2.45) is 0 Å². The fourth-order valence-electron chi connectivity index (χ4n) is 0.922. The maximum atomic E-state index is 4.22. The Kier molecular flexibility index (Phi) is 3.53. The van der Waals surface area contributed by atoms with Gasteiger partial charge in [-0.05, 0) is 24.2 Å². The van der Waals surface area contributed by atoms with Gasteiger partial charge in [0, 0.05) is 12.4 Å². The first-order valence-electron chi connectivity index (χ1n) is 4.13. The van der Waals surface area contributed by atoms with Crippen molar-refractivity contribution in [1.29, 1.82) is 0 Å². The molecule has 0 saturated carbocycles. The van der Waals surface area contributed by atoms with Crippen molar-refractivity contribution in [1.82, 2.24) is 9.97 Å². The second kappa shape index (κ2) is 4.45. The molecular weight excluding hydrogens is 168 g/mol. The van der Waals surface area contributed by atoms with Crippen LogP contribution in [0.1, 0.15) is 31.7 Å². The van der Waals surface area contributed by atoms with E-state index >= 15 is 0 Å². The van der Waals surface area contributed by atoms with Crippen LogP contribution in [0.25, 0.3) is 0 Å². The van der Waals surface area contributed by atoms with Crippen LogP contribution in [0.5, 0.6) is 0 Å². The van der Waals surface area contributed by atoms with Crippen molar-refractivity contribution in [2.75, 3.05) is 6.26 Å². The molecule has 1 atom stereocenters. The number of thioether (sulfide) groups is 1. The third kappa shape index (κ3) is 2.21. The molecule has 2 nitrogen and oxygen atoms in total. The maximum Gasteiger partial charge on any atom is 0.187 e. The molecule has 0 spiro atoms. The lowest BCUT2D eigenvalue weighted by Crippen LogP contribution is -1.94. The first kappa shape index (κ1) is 9.52. The highest BCUT2D eigenvalue weighted by Crippen LogP contribution is 2.17. The first-order valence-corrected chi connectivity index (χ1v) is 5.36. The van der Waals surface area contributed by atoms with Crippen LogP contribution in [0.4, 0.5) is 0 Å². The molecular formula is C9H14N2S. The van der Waals surface area contributed by atoms with E-state index in [4.69, 9.17) is 0 Å². The van der Waals surface area contributed by atoms with E-state index in [0.717, 1.165) is 11.6 Å². The minimum absolute atomic E-state index is 0.570. The van der Waals surface area contributed by atoms with Gasteiger partial charge in [0.1, 0.15) is 0 Å². The van der Waals surface area contributed by atoms with Crippen molar-refractivity contribution in [3.63, 3.8) is 0 Å². The normalized spacial score (nSPS) is 12.9. The Bertz CT molecular complexity index is 233. The average Bonchev–Trinajstić information content (AvgIpc) is 2.17. The molecule has 1 aromatic heterocycles. The zero-order chi connectivity index (χ0) is 8.97. The van der Waals surface area contributed by atoms with Crippen molar-refractivity contribution >= 4 is 11.8 Å². The van der Waals surface area contributed by atoms with Gasteiger partial charge in [0.15, 0.2) is 5.16 Å². The summed E-state index contributed by atoms with van der Waals surface area (Å²) in [7, 11) is 0. The zero-order valence-electron chi connectivity index (χ0n) is 7.74. The smallest absolute Gasteiger partial charge is 0.187 e. The number of rotatable bonds is 3. The lowest BCUT2D eigenvalue weighted by molar-refractivity contribution is 0.716. The number of hydrogen-bond acceptors (Lipinski definition) is 3. The molecule has 0 aliphatic carbocycles. The van der Waals surface area contributed by atoms with Gasteiger partial charge in [-0.25, -0.2) is 9.97 Å². The second-order valence-corrected chi connectivity index (χ2v) is 3.59. The number of hydrogen-bond donors (Lipinski definition) is 0. The summed E-state index contributed by atoms with van der Waals surface area (Å²) in [5, 5.41) is 0.849. The Balaban J connectivity index is 2.77. The lowest BCUT2D eigenvalue weighted by atomic mass is 10.0. The largest absolute Gasteiger partial charge is 0.231 e. The van der Waals surface area contributed by atoms with Crippen molar-refractivity contribution in [2.45, 2.75) is 31.3 Å². The van der Waals surface area contributed by atoms with Gasteiger partial charge in [-0.15, -0.1) is 0 Å². The topological polar surface area (TPSA) is 25.8 Å². The molecule has 1 heterocycles. The van der Waals surface area contributed by atoms with E-state index in [9.17, 15) is 0 Å². The highest BCUT2D eigenvalue weighted by atomic mass is 32.2. The molecule has 1 rings (SSSR count). The van der Waals surface area contributed by atoms with Crippen LogP contribution in [-0.4, -0.2) is 16.2 Å². The van der Waals surface area contributed by atoms with Gasteiger partial charge in [0.25, 0.3) is 0 Å². The standard InChI is InChI=1S/C9H14N2S/c1-4-7(2)8-5-10-9(12-3)11-6-8/h5-7H,4H2,1-3H3. The summed E-state index contributed by atoms with van der Waals surface area (Å²) in [6, 6.07) is 0. The Morgan fingerprint density at radius 2 is 2.00 bits per heavy atom. The predicted molar refractivity (Wildman–Crippen MR) is 52.5 cm³/mol. The molecule has 0 amide bonds. The van der Waals surface area contributed by atoms with Crippen LogP contribution in [0, 0.1) is 0 Å². The molecule has 0 radical (unpaired) electrons. The van der Waals surface area contributed by atoms with Crippen molar-refractivity contribution in [3.8, 4) is 0 Å². The van der Waals surface area contributed by atoms with Gasteiger partial charge in [-0.3, -0.25) is 0 Å². The molecule has 0 aliphatic rings. The van der Waals surface area contributed by atoms with Gasteiger partial charge in [0.05, 0.1) is 0 Å². The van der Waals surface area contributed by atoms with E-state index in [-0.39, 0.29) is 0 Å². The molecule has 1 unspecified atom stereocenters. The molecule has 0 aromatic carbocycles. The summed E-state index contributed by atoms with van der Waals surface area (Å²) in [6.07, 6.45) is 6.97. The van der Waals surface area contributed by atoms with Gasteiger partial charge in [0.2, 0.25) is 0 Å². The highest BCUT2D eigenvalue weighted by molar-refractivity contribution is 7.98. The molecule has 3 heteroatoms. The average molecular weight is 182 g/mol. The number of aromatic nitrogens is 2. The van der Waals surface area contributed by atoms with Gasteiger partial charge < -0.3 is 0 Å². The molecule has 0 bridgehead atoms. The summed E-state index contributed by atoms with van der Waals surface area (Å²) in [6.45, 7) is 4.37. The van der Waals surface area contributed by atoms with Gasteiger partial charge in [-0.2, -0.15) is 0 Å². The Labute approximate surface area is 77.8 Å². The summed E-state index contributed by atoms with van der Waals surface area (Å²) in [4.78, 5) is 8.44. The monoisotopic (exact) mass is 182 g/mol. The van der Waals surface area contributed by atoms with Crippen LogP contribution in [0.2, 0.25) is 0 Å². The van der Waals surface area contributed by atoms with Gasteiger partial charge in [-0.1, -0.05) is 25.6 Å². The summed E-state index contributed by atoms with van der Waals surface area (Å²) >= 11 is 1.57. The quantitative estimate of drug-likeness (QED) is 0.531. The van der Waals surface area contributed by atoms with Crippen LogP contribution < -0.4 is 0 Å². The van der Waals surface area contributed by atoms with Crippen LogP contribution in [0.15, 0.2) is 17.6 Å². The fourth-order valence-corrected chi connectivity index (χ4v) is 1.24. The number of nitrogens with zero attached hydrogens (tertiary/aromatic N) is 2. The molecule has 0 fully saturated rings. The lowest BCUT2D eigenvalue weighted by Gasteiger charge is -2.06. The third-order valence-corrected chi connectivity index (χ3v) is 2.59. The van der Waals surface area contributed by atoms with E-state index in [1.54, 1.807) is 11.8 Å². The second-order valence-electron chi connectivity index (χ2n) is 2.81. The Hall–Kier alpha value is -0.570. The molecule has 0 saturated heterocycles. The Morgan fingerprint density at radius 1 is 1.42 bits per heavy atom. The van der Waals surface area contributed by atoms with E-state index in [1.807, 2.05) is 18.6 Å². The van der Waals surface area contributed by atoms with E-state index in [0.29, 0.717) is 5.92 Å². The summed E-state index contributed by atoms with van der Waals surface area (Å²) in [5.41, 5.74) is 1.23. The van der Waals surface area contributed by atoms with E-state index in [2.05, 4.69) is 23.8 Å². The minimum Gasteiger partial charge on any atom is -0.231 e. The zero-order valence-corrected chi connectivity index (χ0v) is 8.56. The van der Waals surface area contributed by atoms with Crippen molar-refractivity contribution < 1.29 is 0 Å². The molecule has 1 aromatic rings. The molecule has 12 heavy (non-hydrogen) atoms. The third-order valence-electron chi connectivity index (χ3n) is 2.01. The van der Waals surface area contributed by atoms with Crippen LogP contribution >= 0.6 is 11.8 Å². The SMILES string of the molecule is CCC(C)c1cnc(SC)nc1. The fraction of sp³-hybridized carbons (Fsp3) is 0.556. The Morgan fingerprint density at radius 3 is 2.42 bits per heavy atom. The van der Waals surface area contributed by atoms with E-state index < -0.39 is 0 Å². The van der Waals surface area contributed by atoms with E-state index in [1.165, 1.54) is 5.56 Å². The summed E-state index contributed by atoms with van der Waals surface area (Å²) in [5.74, 6) is 0.570. The van der Waals surface area contributed by atoms with Gasteiger partial charge >= 0.3 is 0 Å². The van der Waals surface area contributed by atoms with Crippen LogP contribution in [-0.2, 0) is 0 Å². The molecule has 66 valence electrons. The maximum absolute atomic E-state index is 4.22. The highest BCUT2D eigenvalue weighted by Gasteiger charge is 2.03. The molecule has 0 aliphatic heterocycles. The molecule has 0 N–H and O–H groups in total.